The maximum absolute atomic E-state index is 13.4. The van der Waals surface area contributed by atoms with Crippen LogP contribution in [-0.4, -0.2) is 46.5 Å². The molecule has 0 radical (unpaired) electrons. The van der Waals surface area contributed by atoms with Crippen LogP contribution in [0.4, 0.5) is 0 Å². The molecule has 1 aliphatic heterocycles. The van der Waals surface area contributed by atoms with Gasteiger partial charge in [-0.05, 0) is 12.8 Å². The number of hydrogen-bond donors (Lipinski definition) is 1. The van der Waals surface area contributed by atoms with Gasteiger partial charge in [-0.25, -0.2) is 0 Å². The Bertz CT molecular complexity index is 301. The van der Waals surface area contributed by atoms with Crippen LogP contribution >= 0.6 is 7.79 Å². The minimum atomic E-state index is -2.85. The van der Waals surface area contributed by atoms with E-state index < -0.39 is 13.6 Å². The summed E-state index contributed by atoms with van der Waals surface area (Å²) in [4.78, 5) is 13.4. The molecule has 0 bridgehead atoms. The summed E-state index contributed by atoms with van der Waals surface area (Å²) < 4.78 is 3.99. The highest BCUT2D eigenvalue weighted by atomic mass is 31.2. The highest BCUT2D eigenvalue weighted by molar-refractivity contribution is 7.65. The summed E-state index contributed by atoms with van der Waals surface area (Å²) >= 11 is 0. The third-order valence-corrected chi connectivity index (χ3v) is 8.46. The van der Waals surface area contributed by atoms with Crippen LogP contribution in [0.1, 0.15) is 46.5 Å². The van der Waals surface area contributed by atoms with Gasteiger partial charge in [0.25, 0.3) is 0 Å². The van der Waals surface area contributed by atoms with Crippen LogP contribution in [0.3, 0.4) is 0 Å². The Balaban J connectivity index is 2.32. The highest BCUT2D eigenvalue weighted by Gasteiger charge is 2.61. The fourth-order valence-corrected chi connectivity index (χ4v) is 6.99. The van der Waals surface area contributed by atoms with Crippen LogP contribution in [0, 0.1) is 5.41 Å². The minimum Gasteiger partial charge on any atom is -0.649 e. The fourth-order valence-electron chi connectivity index (χ4n) is 3.46. The first-order valence-corrected chi connectivity index (χ1v) is 8.63. The molecule has 0 spiro atoms. The Labute approximate surface area is 111 Å². The van der Waals surface area contributed by atoms with Crippen LogP contribution in [0.25, 0.3) is 0 Å². The average Bonchev–Trinajstić information content (AvgIpc) is 2.51. The molecule has 18 heavy (non-hydrogen) atoms. The van der Waals surface area contributed by atoms with Crippen molar-refractivity contribution in [3.8, 4) is 0 Å². The van der Waals surface area contributed by atoms with E-state index >= 15 is 0 Å². The normalized spacial score (nSPS) is 35.5. The second kappa shape index (κ2) is 4.68. The summed E-state index contributed by atoms with van der Waals surface area (Å²) in [5.74, 6) is -0.786. The zero-order chi connectivity index (χ0) is 13.7. The molecule has 2 fully saturated rings. The van der Waals surface area contributed by atoms with Crippen molar-refractivity contribution in [1.82, 2.24) is 9.34 Å². The van der Waals surface area contributed by atoms with Crippen molar-refractivity contribution in [2.24, 2.45) is 5.41 Å². The lowest BCUT2D eigenvalue weighted by Crippen LogP contribution is -2.44. The van der Waals surface area contributed by atoms with Crippen molar-refractivity contribution in [2.75, 3.05) is 14.1 Å². The van der Waals surface area contributed by atoms with Crippen LogP contribution in [-0.2, 0) is 0 Å². The lowest BCUT2D eigenvalue weighted by Gasteiger charge is -2.45. The first kappa shape index (κ1) is 14.7. The molecule has 3 atom stereocenters. The quantitative estimate of drug-likeness (QED) is 0.739. The van der Waals surface area contributed by atoms with Crippen molar-refractivity contribution in [2.45, 2.75) is 64.4 Å². The summed E-state index contributed by atoms with van der Waals surface area (Å²) in [7, 11) is 1.02. The topological polar surface area (TPSA) is 49.8 Å². The van der Waals surface area contributed by atoms with Crippen molar-refractivity contribution >= 4 is 7.79 Å². The van der Waals surface area contributed by atoms with E-state index in [9.17, 15) is 10.00 Å². The Kier molecular flexibility index (Phi) is 3.81. The summed E-state index contributed by atoms with van der Waals surface area (Å²) in [5.41, 5.74) is -0.356. The van der Waals surface area contributed by atoms with E-state index in [-0.39, 0.29) is 5.41 Å². The highest BCUT2D eigenvalue weighted by Crippen LogP contribution is 2.70. The van der Waals surface area contributed by atoms with Crippen LogP contribution < -0.4 is 4.89 Å². The maximum Gasteiger partial charge on any atom is 0.196 e. The first-order valence-electron chi connectivity index (χ1n) is 6.95. The van der Waals surface area contributed by atoms with Gasteiger partial charge in [-0.1, -0.05) is 33.6 Å². The molecule has 1 aliphatic carbocycles. The van der Waals surface area contributed by atoms with Crippen LogP contribution in [0.2, 0.25) is 0 Å². The Morgan fingerprint density at radius 2 is 1.50 bits per heavy atom. The zero-order valence-corrected chi connectivity index (χ0v) is 13.2. The number of rotatable bonds is 1. The van der Waals surface area contributed by atoms with Crippen molar-refractivity contribution in [1.29, 1.82) is 0 Å². The molecule has 0 aromatic rings. The number of aliphatic hydroxyl groups is 1. The summed E-state index contributed by atoms with van der Waals surface area (Å²) in [6.07, 6.45) is 4.63. The predicted molar refractivity (Wildman–Crippen MR) is 74.0 cm³/mol. The van der Waals surface area contributed by atoms with Gasteiger partial charge in [-0.3, -0.25) is 0 Å². The molecule has 0 aromatic carbocycles. The van der Waals surface area contributed by atoms with E-state index in [2.05, 4.69) is 0 Å². The molecule has 4 nitrogen and oxygen atoms in total. The number of likely N-dealkylation sites (N-methyl/N-ethyl adjacent to an activating group) is 2. The number of hydrogen-bond acceptors (Lipinski definition) is 4. The molecule has 1 saturated carbocycles. The molecule has 2 aliphatic rings. The third kappa shape index (κ3) is 2.03. The molecule has 1 saturated heterocycles. The summed E-state index contributed by atoms with van der Waals surface area (Å²) in [6.45, 7) is 5.88. The average molecular weight is 274 g/mol. The SMILES string of the molecule is CN1[C@H]2CCCC[C@@H]2N(C)[P+]1([O-])C(O)C(C)(C)C. The van der Waals surface area contributed by atoms with Gasteiger partial charge in [-0.2, -0.15) is 9.34 Å². The second-order valence-corrected chi connectivity index (χ2v) is 9.82. The van der Waals surface area contributed by atoms with Crippen molar-refractivity contribution < 1.29 is 10.00 Å². The molecule has 5 heteroatoms. The molecule has 1 heterocycles. The minimum absolute atomic E-state index is 0.353. The van der Waals surface area contributed by atoms with E-state index in [4.69, 9.17) is 0 Å². The van der Waals surface area contributed by atoms with Gasteiger partial charge in [0.05, 0.1) is 12.1 Å². The summed E-state index contributed by atoms with van der Waals surface area (Å²) in [6, 6.07) is 0.707. The second-order valence-electron chi connectivity index (χ2n) is 6.90. The molecule has 0 amide bonds. The van der Waals surface area contributed by atoms with Gasteiger partial charge in [0, 0.05) is 19.5 Å². The van der Waals surface area contributed by atoms with E-state index in [1.165, 1.54) is 12.8 Å². The molecule has 0 aromatic heterocycles. The van der Waals surface area contributed by atoms with E-state index in [1.807, 2.05) is 44.2 Å². The number of aliphatic hydroxyl groups excluding tert-OH is 1. The van der Waals surface area contributed by atoms with Crippen molar-refractivity contribution in [3.63, 3.8) is 0 Å². The van der Waals surface area contributed by atoms with Gasteiger partial charge in [-0.15, -0.1) is 0 Å². The summed E-state index contributed by atoms with van der Waals surface area (Å²) in [5, 5.41) is 10.6. The number of nitrogens with zero attached hydrogens (tertiary/aromatic N) is 2. The van der Waals surface area contributed by atoms with Crippen LogP contribution in [0.5, 0.6) is 0 Å². The van der Waals surface area contributed by atoms with E-state index in [1.54, 1.807) is 0 Å². The largest absolute Gasteiger partial charge is 0.649 e. The molecular formula is C13H27N2O2P. The molecular weight excluding hydrogens is 247 g/mol. The fraction of sp³-hybridized carbons (Fsp3) is 1.00. The predicted octanol–water partition coefficient (Wildman–Crippen LogP) is 1.66. The van der Waals surface area contributed by atoms with Gasteiger partial charge < -0.3 is 10.00 Å². The third-order valence-electron chi connectivity index (χ3n) is 4.65. The van der Waals surface area contributed by atoms with E-state index in [0.29, 0.717) is 12.1 Å². The van der Waals surface area contributed by atoms with Crippen LogP contribution in [0.15, 0.2) is 0 Å². The maximum atomic E-state index is 13.4. The lowest BCUT2D eigenvalue weighted by atomic mass is 9.91. The van der Waals surface area contributed by atoms with E-state index in [0.717, 1.165) is 12.8 Å². The Hall–Kier alpha value is 0.270. The molecule has 1 unspecified atom stereocenters. The number of fused-ring (bicyclic) bond motifs is 1. The molecule has 1 N–H and O–H groups in total. The molecule has 106 valence electrons. The Morgan fingerprint density at radius 3 is 1.83 bits per heavy atom. The molecule has 2 rings (SSSR count). The van der Waals surface area contributed by atoms with Gasteiger partial charge in [0.15, 0.2) is 5.85 Å². The first-order chi connectivity index (χ1) is 8.20. The standard InChI is InChI=1S/C13H27N2O2P/c1-13(2,3)12(16)18(17)14(4)10-8-6-7-9-11(10)15(18)5/h10-12,16H,6-9H2,1-5H3/t10-,11-,12?/m0/s1. The zero-order valence-electron chi connectivity index (χ0n) is 12.3. The lowest BCUT2D eigenvalue weighted by molar-refractivity contribution is -0.202. The van der Waals surface area contributed by atoms with Gasteiger partial charge in [0.2, 0.25) is 0 Å². The Morgan fingerprint density at radius 1 is 1.11 bits per heavy atom. The monoisotopic (exact) mass is 274 g/mol. The van der Waals surface area contributed by atoms with Crippen molar-refractivity contribution in [3.05, 3.63) is 0 Å². The smallest absolute Gasteiger partial charge is 0.196 e. The van der Waals surface area contributed by atoms with Gasteiger partial charge in [0.1, 0.15) is 7.79 Å². The van der Waals surface area contributed by atoms with Gasteiger partial charge >= 0.3 is 0 Å².